The molecule has 1 radical (unpaired) electrons. The summed E-state index contributed by atoms with van der Waals surface area (Å²) >= 11 is 0. The fourth-order valence-electron chi connectivity index (χ4n) is 1.58. The van der Waals surface area contributed by atoms with Gasteiger partial charge in [0.2, 0.25) is 0 Å². The number of hydrogen-bond acceptors (Lipinski definition) is 8. The molecule has 0 spiro atoms. The van der Waals surface area contributed by atoms with Gasteiger partial charge in [-0.1, -0.05) is 6.92 Å². The summed E-state index contributed by atoms with van der Waals surface area (Å²) in [5.74, 6) is -4.87. The first-order valence-electron chi connectivity index (χ1n) is 7.24. The van der Waals surface area contributed by atoms with Gasteiger partial charge in [0.25, 0.3) is 0 Å². The smallest absolute Gasteiger partial charge is 0.875 e. The molecule has 25 heavy (non-hydrogen) atoms. The molecule has 0 aromatic rings. The van der Waals surface area contributed by atoms with Gasteiger partial charge in [-0.05, 0) is 34.6 Å². The van der Waals surface area contributed by atoms with Gasteiger partial charge in [0, 0.05) is 0 Å². The van der Waals surface area contributed by atoms with Crippen molar-refractivity contribution in [2.24, 2.45) is 5.92 Å². The Labute approximate surface area is 157 Å². The molecule has 0 aromatic heterocycles. The van der Waals surface area contributed by atoms with Crippen molar-refractivity contribution in [2.75, 3.05) is 13.2 Å². The van der Waals surface area contributed by atoms with Gasteiger partial charge in [0.15, 0.2) is 23.3 Å². The number of Topliss-reactive ketones (excluding diaryl/α,β-unsaturated/α-hetero) is 3. The number of ether oxygens (including phenoxy) is 2. The number of carbonyl (C=O) groups is 5. The Hall–Kier alpha value is -1.99. The average Bonchev–Trinajstić information content (AvgIpc) is 2.37. The predicted octanol–water partition coefficient (Wildman–Crippen LogP) is 0.114. The van der Waals surface area contributed by atoms with Gasteiger partial charge in [-0.2, -0.15) is 0 Å². The van der Waals surface area contributed by atoms with E-state index in [1.165, 1.54) is 13.8 Å². The number of allylic oxidation sites excluding steroid dienone is 1. The normalized spacial score (nSPS) is 10.4. The molecule has 0 saturated carbocycles. The topological polar surface area (TPSA) is 127 Å². The molecule has 145 valence electrons. The Morgan fingerprint density at radius 3 is 1.48 bits per heavy atom. The van der Waals surface area contributed by atoms with Crippen molar-refractivity contribution in [3.8, 4) is 0 Å². The van der Waals surface area contributed by atoms with Crippen LogP contribution in [0.15, 0.2) is 11.3 Å². The van der Waals surface area contributed by atoms with E-state index in [0.29, 0.717) is 0 Å². The van der Waals surface area contributed by atoms with Crippen molar-refractivity contribution >= 4 is 29.3 Å². The van der Waals surface area contributed by atoms with Crippen molar-refractivity contribution in [1.29, 1.82) is 0 Å². The molecule has 0 aromatic carbocycles. The number of carbonyl (C=O) groups excluding carboxylic acids is 5. The molecule has 0 rings (SSSR count). The van der Waals surface area contributed by atoms with E-state index in [0.717, 1.165) is 13.8 Å². The molecular weight excluding hydrogens is 384 g/mol. The van der Waals surface area contributed by atoms with Gasteiger partial charge in [0.1, 0.15) is 0 Å². The third-order valence-electron chi connectivity index (χ3n) is 2.52. The maximum Gasteiger partial charge on any atom is 2.00 e. The summed E-state index contributed by atoms with van der Waals surface area (Å²) < 4.78 is 9.06. The Kier molecular flexibility index (Phi) is 16.0. The molecule has 0 aliphatic heterocycles. The molecule has 0 fully saturated rings. The molecule has 9 heteroatoms. The summed E-state index contributed by atoms with van der Waals surface area (Å²) in [6.07, 6.45) is 0. The minimum Gasteiger partial charge on any atom is -0.875 e. The molecular formula is C16H23CuO8+. The van der Waals surface area contributed by atoms with Crippen LogP contribution in [-0.4, -0.2) is 42.5 Å². The maximum atomic E-state index is 11.0. The van der Waals surface area contributed by atoms with E-state index < -0.39 is 46.5 Å². The van der Waals surface area contributed by atoms with E-state index in [1.54, 1.807) is 13.8 Å². The molecule has 0 amide bonds. The summed E-state index contributed by atoms with van der Waals surface area (Å²) in [7, 11) is 0. The van der Waals surface area contributed by atoms with Gasteiger partial charge in [-0.15, -0.1) is 5.76 Å². The van der Waals surface area contributed by atoms with Crippen LogP contribution in [0, 0.1) is 5.92 Å². The van der Waals surface area contributed by atoms with Crippen LogP contribution in [0.4, 0.5) is 0 Å². The van der Waals surface area contributed by atoms with Crippen LogP contribution in [0.2, 0.25) is 0 Å². The molecule has 0 bridgehead atoms. The monoisotopic (exact) mass is 406 g/mol. The summed E-state index contributed by atoms with van der Waals surface area (Å²) in [6.45, 7) is 8.27. The van der Waals surface area contributed by atoms with Crippen molar-refractivity contribution in [2.45, 2.75) is 41.5 Å². The second kappa shape index (κ2) is 14.4. The minimum atomic E-state index is -1.23. The molecule has 0 saturated heterocycles. The standard InChI is InChI=1S/2C8H12O4.Cu/c2*1-4-12-8(11)7(5(2)9)6(3)10;/h9H,4H2,1-3H3;7H,4H2,1-3H3;/q;;+2/p-1/b7-5+;;. The van der Waals surface area contributed by atoms with Crippen LogP contribution >= 0.6 is 0 Å². The van der Waals surface area contributed by atoms with Crippen molar-refractivity contribution < 1.29 is 55.6 Å². The second-order valence-corrected chi connectivity index (χ2v) is 4.61. The molecule has 0 atom stereocenters. The summed E-state index contributed by atoms with van der Waals surface area (Å²) in [5, 5.41) is 10.7. The first kappa shape index (κ1) is 27.8. The predicted molar refractivity (Wildman–Crippen MR) is 81.5 cm³/mol. The van der Waals surface area contributed by atoms with E-state index in [1.807, 2.05) is 0 Å². The van der Waals surface area contributed by atoms with Gasteiger partial charge in [0.05, 0.1) is 18.8 Å². The third kappa shape index (κ3) is 11.2. The van der Waals surface area contributed by atoms with Crippen molar-refractivity contribution in [3.05, 3.63) is 11.3 Å². The summed E-state index contributed by atoms with van der Waals surface area (Å²) in [4.78, 5) is 54.2. The maximum absolute atomic E-state index is 11.0. The van der Waals surface area contributed by atoms with E-state index in [9.17, 15) is 29.1 Å². The molecule has 0 aliphatic carbocycles. The van der Waals surface area contributed by atoms with Gasteiger partial charge >= 0.3 is 29.0 Å². The number of esters is 2. The van der Waals surface area contributed by atoms with Crippen LogP contribution in [0.1, 0.15) is 41.5 Å². The fourth-order valence-corrected chi connectivity index (χ4v) is 1.58. The largest absolute Gasteiger partial charge is 2.00 e. The Balaban J connectivity index is -0.000000372. The second-order valence-electron chi connectivity index (χ2n) is 4.61. The number of rotatable bonds is 7. The quantitative estimate of drug-likeness (QED) is 0.145. The first-order valence-corrected chi connectivity index (χ1v) is 7.24. The van der Waals surface area contributed by atoms with E-state index in [2.05, 4.69) is 9.47 Å². The van der Waals surface area contributed by atoms with Crippen LogP contribution in [0.3, 0.4) is 0 Å². The molecule has 0 unspecified atom stereocenters. The number of ketones is 3. The molecule has 8 nitrogen and oxygen atoms in total. The Morgan fingerprint density at radius 2 is 1.24 bits per heavy atom. The molecule has 0 N–H and O–H groups in total. The van der Waals surface area contributed by atoms with Crippen LogP contribution < -0.4 is 5.11 Å². The third-order valence-corrected chi connectivity index (χ3v) is 2.52. The summed E-state index contributed by atoms with van der Waals surface area (Å²) in [6, 6.07) is 0. The van der Waals surface area contributed by atoms with Crippen molar-refractivity contribution in [1.82, 2.24) is 0 Å². The van der Waals surface area contributed by atoms with Crippen molar-refractivity contribution in [3.63, 3.8) is 0 Å². The average molecular weight is 407 g/mol. The number of hydrogen-bond donors (Lipinski definition) is 0. The van der Waals surface area contributed by atoms with Crippen LogP contribution in [0.25, 0.3) is 0 Å². The zero-order chi connectivity index (χ0) is 19.4. The van der Waals surface area contributed by atoms with E-state index in [-0.39, 0.29) is 30.3 Å². The van der Waals surface area contributed by atoms with E-state index in [4.69, 9.17) is 0 Å². The minimum absolute atomic E-state index is 0. The summed E-state index contributed by atoms with van der Waals surface area (Å²) in [5.41, 5.74) is -0.392. The van der Waals surface area contributed by atoms with E-state index >= 15 is 0 Å². The fraction of sp³-hybridized carbons (Fsp3) is 0.562. The van der Waals surface area contributed by atoms with Gasteiger partial charge < -0.3 is 14.6 Å². The van der Waals surface area contributed by atoms with Crippen LogP contribution in [0.5, 0.6) is 0 Å². The zero-order valence-electron chi connectivity index (χ0n) is 15.1. The van der Waals surface area contributed by atoms with Crippen LogP contribution in [-0.2, 0) is 50.5 Å². The molecule has 0 aliphatic rings. The van der Waals surface area contributed by atoms with Gasteiger partial charge in [-0.25, -0.2) is 4.79 Å². The Morgan fingerprint density at radius 1 is 0.840 bits per heavy atom. The first-order chi connectivity index (χ1) is 11.0. The molecule has 0 heterocycles. The van der Waals surface area contributed by atoms with Gasteiger partial charge in [-0.3, -0.25) is 19.2 Å². The SMILES string of the molecule is CCOC(=O)/C(C(C)=O)=C(\C)[O-].CCOC(=O)C(C(C)=O)C(C)=O.[Cu+2]. The Bertz CT molecular complexity index is 518. The zero-order valence-corrected chi connectivity index (χ0v) is 16.0.